The second kappa shape index (κ2) is 11.5. The van der Waals surface area contributed by atoms with Gasteiger partial charge in [-0.3, -0.25) is 0 Å². The van der Waals surface area contributed by atoms with Crippen molar-refractivity contribution in [2.45, 2.75) is 0 Å². The van der Waals surface area contributed by atoms with Crippen LogP contribution in [-0.4, -0.2) is 19.1 Å². The lowest BCUT2D eigenvalue weighted by Gasteiger charge is -2.11. The summed E-state index contributed by atoms with van der Waals surface area (Å²) in [6.07, 6.45) is 0. The summed E-state index contributed by atoms with van der Waals surface area (Å²) in [4.78, 5) is 10.1. The van der Waals surface area contributed by atoms with E-state index >= 15 is 0 Å². The molecule has 0 saturated carbocycles. The molecule has 8 aromatic carbocycles. The van der Waals surface area contributed by atoms with Gasteiger partial charge in [0.05, 0.1) is 33.1 Å². The molecule has 0 spiro atoms. The van der Waals surface area contributed by atoms with Crippen LogP contribution in [0.1, 0.15) is 0 Å². The van der Waals surface area contributed by atoms with Gasteiger partial charge in [-0.2, -0.15) is 0 Å². The molecule has 0 radical (unpaired) electrons. The van der Waals surface area contributed by atoms with Crippen molar-refractivity contribution in [1.29, 1.82) is 0 Å². The van der Waals surface area contributed by atoms with Gasteiger partial charge in [-0.25, -0.2) is 9.97 Å². The highest BCUT2D eigenvalue weighted by Gasteiger charge is 2.17. The summed E-state index contributed by atoms with van der Waals surface area (Å²) in [6.45, 7) is 0. The zero-order chi connectivity index (χ0) is 36.0. The van der Waals surface area contributed by atoms with Gasteiger partial charge in [-0.05, 0) is 95.1 Å². The van der Waals surface area contributed by atoms with E-state index in [1.54, 1.807) is 0 Å². The summed E-state index contributed by atoms with van der Waals surface area (Å²) in [6, 6.07) is 64.6. The first-order valence-electron chi connectivity index (χ1n) is 18.6. The van der Waals surface area contributed by atoms with Gasteiger partial charge in [-0.1, -0.05) is 109 Å². The van der Waals surface area contributed by atoms with Crippen LogP contribution in [0, 0.1) is 0 Å². The minimum absolute atomic E-state index is 0.537. The smallest absolute Gasteiger partial charge is 0.246 e. The first-order chi connectivity index (χ1) is 27.2. The lowest BCUT2D eigenvalue weighted by Crippen LogP contribution is -1.94. The van der Waals surface area contributed by atoms with E-state index in [0.717, 1.165) is 61.1 Å². The fourth-order valence-electron chi connectivity index (χ4n) is 8.60. The molecular formula is C50H30N4O. The Morgan fingerprint density at radius 1 is 0.345 bits per heavy atom. The minimum Gasteiger partial charge on any atom is -0.436 e. The largest absolute Gasteiger partial charge is 0.436 e. The molecule has 0 atom stereocenters. The Labute approximate surface area is 315 Å². The Bertz CT molecular complexity index is 3400. The Morgan fingerprint density at radius 3 is 1.36 bits per heavy atom. The van der Waals surface area contributed by atoms with E-state index in [9.17, 15) is 0 Å². The fourth-order valence-corrected chi connectivity index (χ4v) is 8.60. The van der Waals surface area contributed by atoms with Crippen molar-refractivity contribution in [2.75, 3.05) is 0 Å². The van der Waals surface area contributed by atoms with Gasteiger partial charge in [0.15, 0.2) is 0 Å². The van der Waals surface area contributed by atoms with Gasteiger partial charge in [0.1, 0.15) is 11.1 Å². The van der Waals surface area contributed by atoms with Gasteiger partial charge in [-0.15, -0.1) is 0 Å². The minimum atomic E-state index is 0.537. The molecule has 4 heterocycles. The van der Waals surface area contributed by atoms with E-state index in [-0.39, 0.29) is 0 Å². The highest BCUT2D eigenvalue weighted by Crippen LogP contribution is 2.37. The molecule has 256 valence electrons. The summed E-state index contributed by atoms with van der Waals surface area (Å²) in [5.41, 5.74) is 15.1. The summed E-state index contributed by atoms with van der Waals surface area (Å²) in [5.74, 6) is 0. The molecule has 0 unspecified atom stereocenters. The summed E-state index contributed by atoms with van der Waals surface area (Å²) >= 11 is 0. The molecule has 12 aromatic rings. The molecule has 0 amide bonds. The van der Waals surface area contributed by atoms with E-state index in [1.807, 2.05) is 6.07 Å². The average molecular weight is 703 g/mol. The maximum Gasteiger partial charge on any atom is 0.246 e. The third-order valence-corrected chi connectivity index (χ3v) is 11.1. The van der Waals surface area contributed by atoms with Crippen molar-refractivity contribution >= 4 is 76.8 Å². The van der Waals surface area contributed by atoms with E-state index < -0.39 is 0 Å². The number of rotatable bonds is 4. The third kappa shape index (κ3) is 4.53. The Morgan fingerprint density at radius 2 is 0.818 bits per heavy atom. The van der Waals surface area contributed by atoms with E-state index in [1.165, 1.54) is 43.6 Å². The van der Waals surface area contributed by atoms with Crippen molar-refractivity contribution in [3.8, 4) is 33.6 Å². The van der Waals surface area contributed by atoms with Crippen LogP contribution in [0.25, 0.3) is 110 Å². The number of hydrogen-bond donors (Lipinski definition) is 0. The van der Waals surface area contributed by atoms with Crippen molar-refractivity contribution in [3.63, 3.8) is 0 Å². The van der Waals surface area contributed by atoms with Crippen LogP contribution in [0.3, 0.4) is 0 Å². The number of fused-ring (bicyclic) bond motifs is 10. The Hall–Kier alpha value is -7.50. The van der Waals surface area contributed by atoms with Crippen LogP contribution in [-0.2, 0) is 0 Å². The predicted octanol–water partition coefficient (Wildman–Crippen LogP) is 13.1. The summed E-state index contributed by atoms with van der Waals surface area (Å²) in [5, 5.41) is 5.95. The molecule has 0 aliphatic heterocycles. The lowest BCUT2D eigenvalue weighted by molar-refractivity contribution is 0.655. The molecule has 0 aliphatic carbocycles. The number of aromatic nitrogens is 4. The van der Waals surface area contributed by atoms with Crippen LogP contribution < -0.4 is 0 Å². The van der Waals surface area contributed by atoms with Crippen molar-refractivity contribution in [1.82, 2.24) is 19.1 Å². The van der Waals surface area contributed by atoms with Gasteiger partial charge >= 0.3 is 0 Å². The van der Waals surface area contributed by atoms with Crippen molar-refractivity contribution < 1.29 is 4.42 Å². The third-order valence-electron chi connectivity index (χ3n) is 11.1. The lowest BCUT2D eigenvalue weighted by atomic mass is 10.0. The zero-order valence-electron chi connectivity index (χ0n) is 29.5. The number of benzene rings is 8. The van der Waals surface area contributed by atoms with E-state index in [0.29, 0.717) is 5.71 Å². The summed E-state index contributed by atoms with van der Waals surface area (Å²) < 4.78 is 11.0. The van der Waals surface area contributed by atoms with Gasteiger partial charge in [0.2, 0.25) is 5.71 Å². The molecule has 55 heavy (non-hydrogen) atoms. The Balaban J connectivity index is 0.936. The molecule has 5 nitrogen and oxygen atoms in total. The second-order valence-corrected chi connectivity index (χ2v) is 14.2. The maximum atomic E-state index is 6.34. The quantitative estimate of drug-likeness (QED) is 0.183. The topological polar surface area (TPSA) is 48.8 Å². The standard InChI is InChI=1S/C50H30N4O/c1-5-19-44-37(15-1)38-16-2-6-20-45(38)53(44)35-13-9-11-31(27-35)33-24-26-48-41(29-33)49-50(55-48)52-43-30-34(23-25-42(43)51-49)32-12-10-14-36(28-32)54-46-21-7-3-17-39(46)40-18-4-8-22-47(40)54/h1-30H. The average Bonchev–Trinajstić information content (AvgIpc) is 3.90. The van der Waals surface area contributed by atoms with E-state index in [2.05, 4.69) is 185 Å². The summed E-state index contributed by atoms with van der Waals surface area (Å²) in [7, 11) is 0. The van der Waals surface area contributed by atoms with Gasteiger partial charge < -0.3 is 13.6 Å². The van der Waals surface area contributed by atoms with E-state index in [4.69, 9.17) is 14.4 Å². The van der Waals surface area contributed by atoms with Crippen molar-refractivity contribution in [2.24, 2.45) is 0 Å². The number of nitrogens with zero attached hydrogens (tertiary/aromatic N) is 4. The zero-order valence-corrected chi connectivity index (χ0v) is 29.5. The highest BCUT2D eigenvalue weighted by atomic mass is 16.3. The molecule has 0 aliphatic rings. The molecule has 0 N–H and O–H groups in total. The number of hydrogen-bond acceptors (Lipinski definition) is 3. The normalized spacial score (nSPS) is 12.0. The van der Waals surface area contributed by atoms with Crippen molar-refractivity contribution in [3.05, 3.63) is 182 Å². The van der Waals surface area contributed by atoms with Crippen LogP contribution in [0.5, 0.6) is 0 Å². The monoisotopic (exact) mass is 702 g/mol. The first kappa shape index (κ1) is 30.0. The predicted molar refractivity (Wildman–Crippen MR) is 226 cm³/mol. The highest BCUT2D eigenvalue weighted by molar-refractivity contribution is 6.10. The molecule has 5 heteroatoms. The maximum absolute atomic E-state index is 6.34. The van der Waals surface area contributed by atoms with Crippen LogP contribution in [0.4, 0.5) is 0 Å². The SMILES string of the molecule is c1cc(-c2ccc3nc4c(nc3c2)oc2ccc(-c3cccc(-n5c6ccccc6c6ccccc65)c3)cc24)cc(-n2c3ccccc3c3ccccc32)c1. The molecule has 0 saturated heterocycles. The molecule has 4 aromatic heterocycles. The molecule has 12 rings (SSSR count). The number of para-hydroxylation sites is 4. The number of furan rings is 1. The fraction of sp³-hybridized carbons (Fsp3) is 0. The van der Waals surface area contributed by atoms with Gasteiger partial charge in [0.25, 0.3) is 0 Å². The molecular weight excluding hydrogens is 673 g/mol. The molecule has 0 bridgehead atoms. The van der Waals surface area contributed by atoms with Crippen LogP contribution in [0.15, 0.2) is 186 Å². The second-order valence-electron chi connectivity index (χ2n) is 14.2. The molecule has 0 fully saturated rings. The Kier molecular flexibility index (Phi) is 6.27. The first-order valence-corrected chi connectivity index (χ1v) is 18.6. The van der Waals surface area contributed by atoms with Crippen LogP contribution >= 0.6 is 0 Å². The van der Waals surface area contributed by atoms with Crippen LogP contribution in [0.2, 0.25) is 0 Å². The van der Waals surface area contributed by atoms with Gasteiger partial charge in [0, 0.05) is 38.3 Å².